The summed E-state index contributed by atoms with van der Waals surface area (Å²) in [5.74, 6) is 1.44. The molecule has 0 spiro atoms. The zero-order chi connectivity index (χ0) is 18.4. The maximum atomic E-state index is 5.56. The molecule has 0 unspecified atom stereocenters. The van der Waals surface area contributed by atoms with Crippen LogP contribution < -0.4 is 10.6 Å². The summed E-state index contributed by atoms with van der Waals surface area (Å²) in [4.78, 5) is 11.5. The highest BCUT2D eigenvalue weighted by molar-refractivity contribution is 7.13. The second kappa shape index (κ2) is 8.51. The predicted octanol–water partition coefficient (Wildman–Crippen LogP) is 4.50. The fraction of sp³-hybridized carbons (Fsp3) is 0.368. The van der Waals surface area contributed by atoms with Crippen molar-refractivity contribution in [3.05, 3.63) is 51.9 Å². The molecule has 0 atom stereocenters. The van der Waals surface area contributed by atoms with Crippen LogP contribution in [0.15, 0.2) is 50.7 Å². The fourth-order valence-corrected chi connectivity index (χ4v) is 3.96. The number of hydrogen-bond donors (Lipinski definition) is 2. The highest BCUT2D eigenvalue weighted by atomic mass is 32.1. The van der Waals surface area contributed by atoms with Gasteiger partial charge in [0.05, 0.1) is 11.4 Å². The molecule has 0 radical (unpaired) electrons. The molecule has 5 nitrogen and oxygen atoms in total. The maximum absolute atomic E-state index is 5.56. The number of guanidine groups is 1. The molecule has 3 rings (SSSR count). The van der Waals surface area contributed by atoms with E-state index < -0.39 is 0 Å². The molecule has 3 aromatic rings. The molecule has 0 aliphatic heterocycles. The van der Waals surface area contributed by atoms with Gasteiger partial charge in [-0.05, 0) is 29.8 Å². The van der Waals surface area contributed by atoms with E-state index in [0.29, 0.717) is 12.4 Å². The van der Waals surface area contributed by atoms with E-state index >= 15 is 0 Å². The van der Waals surface area contributed by atoms with E-state index in [1.165, 1.54) is 4.88 Å². The normalized spacial score (nSPS) is 12.3. The second-order valence-electron chi connectivity index (χ2n) is 6.53. The van der Waals surface area contributed by atoms with Crippen molar-refractivity contribution >= 4 is 28.6 Å². The Morgan fingerprint density at radius 3 is 2.69 bits per heavy atom. The standard InChI is InChI=1S/C19H24N4OS2/c1-4-20-18(22-13-19(2,3)16-8-6-10-26-16)21-11-14-12-24-17(23-14)15-7-5-9-25-15/h5-10,12H,4,11,13H2,1-3H3,(H2,20,21,22). The van der Waals surface area contributed by atoms with E-state index in [4.69, 9.17) is 4.42 Å². The van der Waals surface area contributed by atoms with Crippen LogP contribution in [0.2, 0.25) is 0 Å². The molecule has 26 heavy (non-hydrogen) atoms. The molecular weight excluding hydrogens is 364 g/mol. The first-order valence-corrected chi connectivity index (χ1v) is 10.4. The zero-order valence-corrected chi connectivity index (χ0v) is 16.9. The van der Waals surface area contributed by atoms with Gasteiger partial charge in [-0.1, -0.05) is 26.0 Å². The van der Waals surface area contributed by atoms with Gasteiger partial charge in [0, 0.05) is 23.4 Å². The van der Waals surface area contributed by atoms with Crippen molar-refractivity contribution in [2.75, 3.05) is 13.1 Å². The Balaban J connectivity index is 1.62. The van der Waals surface area contributed by atoms with E-state index in [1.54, 1.807) is 28.9 Å². The molecule has 0 saturated carbocycles. The summed E-state index contributed by atoms with van der Waals surface area (Å²) in [7, 11) is 0. The van der Waals surface area contributed by atoms with Crippen molar-refractivity contribution in [3.8, 4) is 10.8 Å². The van der Waals surface area contributed by atoms with Crippen LogP contribution in [0, 0.1) is 0 Å². The quantitative estimate of drug-likeness (QED) is 0.462. The van der Waals surface area contributed by atoms with Crippen molar-refractivity contribution in [3.63, 3.8) is 0 Å². The Bertz CT molecular complexity index is 820. The van der Waals surface area contributed by atoms with Crippen molar-refractivity contribution in [2.24, 2.45) is 4.99 Å². The molecule has 138 valence electrons. The summed E-state index contributed by atoms with van der Waals surface area (Å²) in [6, 6.07) is 8.26. The van der Waals surface area contributed by atoms with Crippen molar-refractivity contribution < 1.29 is 4.42 Å². The number of nitrogens with one attached hydrogen (secondary N) is 2. The predicted molar refractivity (Wildman–Crippen MR) is 110 cm³/mol. The van der Waals surface area contributed by atoms with Crippen LogP contribution in [0.25, 0.3) is 10.8 Å². The first-order valence-electron chi connectivity index (χ1n) is 8.63. The molecule has 0 amide bonds. The lowest BCUT2D eigenvalue weighted by Gasteiger charge is -2.25. The third-order valence-corrected chi connectivity index (χ3v) is 6.01. The largest absolute Gasteiger partial charge is 0.443 e. The molecule has 3 aromatic heterocycles. The van der Waals surface area contributed by atoms with Gasteiger partial charge in [0.1, 0.15) is 12.0 Å². The minimum absolute atomic E-state index is 0.0462. The van der Waals surface area contributed by atoms with E-state index in [9.17, 15) is 0 Å². The maximum Gasteiger partial charge on any atom is 0.236 e. The minimum atomic E-state index is 0.0462. The summed E-state index contributed by atoms with van der Waals surface area (Å²) < 4.78 is 5.56. The van der Waals surface area contributed by atoms with Crippen LogP contribution in [-0.2, 0) is 12.0 Å². The third-order valence-electron chi connectivity index (χ3n) is 3.91. The molecule has 2 N–H and O–H groups in total. The van der Waals surface area contributed by atoms with E-state index in [1.807, 2.05) is 17.5 Å². The van der Waals surface area contributed by atoms with Crippen LogP contribution in [0.4, 0.5) is 0 Å². The van der Waals surface area contributed by atoms with Crippen LogP contribution in [0.1, 0.15) is 31.3 Å². The fourth-order valence-electron chi connectivity index (χ4n) is 2.45. The molecular formula is C19H24N4OS2. The smallest absolute Gasteiger partial charge is 0.236 e. The Labute approximate surface area is 162 Å². The van der Waals surface area contributed by atoms with E-state index in [2.05, 4.69) is 58.9 Å². The Morgan fingerprint density at radius 2 is 2.00 bits per heavy atom. The Morgan fingerprint density at radius 1 is 1.19 bits per heavy atom. The van der Waals surface area contributed by atoms with E-state index in [0.717, 1.165) is 29.6 Å². The van der Waals surface area contributed by atoms with Crippen molar-refractivity contribution in [1.29, 1.82) is 0 Å². The van der Waals surface area contributed by atoms with Crippen LogP contribution in [0.3, 0.4) is 0 Å². The number of nitrogens with zero attached hydrogens (tertiary/aromatic N) is 2. The molecule has 0 aromatic carbocycles. The molecule has 0 bridgehead atoms. The van der Waals surface area contributed by atoms with Gasteiger partial charge in [-0.2, -0.15) is 0 Å². The monoisotopic (exact) mass is 388 g/mol. The minimum Gasteiger partial charge on any atom is -0.443 e. The molecule has 7 heteroatoms. The summed E-state index contributed by atoms with van der Waals surface area (Å²) in [5, 5.41) is 10.9. The number of rotatable bonds is 7. The first kappa shape index (κ1) is 18.7. The van der Waals surface area contributed by atoms with Gasteiger partial charge in [0.15, 0.2) is 5.96 Å². The molecule has 0 fully saturated rings. The average Bonchev–Trinajstić information content (AvgIpc) is 3.39. The van der Waals surface area contributed by atoms with Gasteiger partial charge < -0.3 is 15.1 Å². The van der Waals surface area contributed by atoms with E-state index in [-0.39, 0.29) is 5.41 Å². The summed E-state index contributed by atoms with van der Waals surface area (Å²) >= 11 is 3.40. The Hall–Kier alpha value is -2.12. The van der Waals surface area contributed by atoms with Gasteiger partial charge in [-0.3, -0.25) is 0 Å². The van der Waals surface area contributed by atoms with Crippen molar-refractivity contribution in [1.82, 2.24) is 15.6 Å². The molecule has 0 aliphatic carbocycles. The number of aliphatic imine (C=N–C) groups is 1. The number of hydrogen-bond acceptors (Lipinski definition) is 5. The lowest BCUT2D eigenvalue weighted by Crippen LogP contribution is -2.43. The van der Waals surface area contributed by atoms with Gasteiger partial charge in [-0.15, -0.1) is 22.7 Å². The molecule has 3 heterocycles. The van der Waals surface area contributed by atoms with Crippen LogP contribution in [0.5, 0.6) is 0 Å². The second-order valence-corrected chi connectivity index (χ2v) is 8.43. The molecule has 0 aliphatic rings. The number of thiophene rings is 2. The van der Waals surface area contributed by atoms with Gasteiger partial charge in [0.25, 0.3) is 0 Å². The number of oxazole rings is 1. The Kier molecular flexibility index (Phi) is 6.11. The third kappa shape index (κ3) is 4.74. The average molecular weight is 389 g/mol. The van der Waals surface area contributed by atoms with Crippen LogP contribution >= 0.6 is 22.7 Å². The highest BCUT2D eigenvalue weighted by Gasteiger charge is 2.22. The van der Waals surface area contributed by atoms with Crippen LogP contribution in [-0.4, -0.2) is 24.0 Å². The van der Waals surface area contributed by atoms with Gasteiger partial charge in [-0.25, -0.2) is 9.98 Å². The summed E-state index contributed by atoms with van der Waals surface area (Å²) in [5.41, 5.74) is 0.869. The topological polar surface area (TPSA) is 62.5 Å². The summed E-state index contributed by atoms with van der Waals surface area (Å²) in [6.45, 7) is 8.63. The van der Waals surface area contributed by atoms with Crippen molar-refractivity contribution in [2.45, 2.75) is 32.7 Å². The van der Waals surface area contributed by atoms with Gasteiger partial charge in [0.2, 0.25) is 5.89 Å². The SMILES string of the molecule is CCNC(=NCc1coc(-c2cccs2)n1)NCC(C)(C)c1cccs1. The molecule has 0 saturated heterocycles. The van der Waals surface area contributed by atoms with Gasteiger partial charge >= 0.3 is 0 Å². The first-order chi connectivity index (χ1) is 12.6. The lowest BCUT2D eigenvalue weighted by molar-refractivity contribution is 0.518. The lowest BCUT2D eigenvalue weighted by atomic mass is 9.91. The number of aromatic nitrogens is 1. The highest BCUT2D eigenvalue weighted by Crippen LogP contribution is 2.26. The zero-order valence-electron chi connectivity index (χ0n) is 15.3. The summed E-state index contributed by atoms with van der Waals surface area (Å²) in [6.07, 6.45) is 1.68.